The highest BCUT2D eigenvalue weighted by atomic mass is 19.3. The fraction of sp³-hybridized carbons (Fsp3) is 0.185. The second kappa shape index (κ2) is 9.12. The summed E-state index contributed by atoms with van der Waals surface area (Å²) in [7, 11) is 1.62. The molecule has 188 valence electrons. The molecule has 0 atom stereocenters. The molecule has 0 saturated carbocycles. The summed E-state index contributed by atoms with van der Waals surface area (Å²) in [6, 6.07) is 14.9. The molecule has 3 heterocycles. The predicted octanol–water partition coefficient (Wildman–Crippen LogP) is 5.62. The molecule has 0 bridgehead atoms. The van der Waals surface area contributed by atoms with Crippen molar-refractivity contribution in [2.24, 2.45) is 7.05 Å². The average molecular weight is 504 g/mol. The van der Waals surface area contributed by atoms with Gasteiger partial charge in [-0.05, 0) is 48.9 Å². The first-order chi connectivity index (χ1) is 17.7. The van der Waals surface area contributed by atoms with Gasteiger partial charge >= 0.3 is 11.8 Å². The molecule has 0 aliphatic rings. The van der Waals surface area contributed by atoms with Crippen molar-refractivity contribution >= 4 is 33.8 Å². The molecule has 10 heteroatoms. The minimum atomic E-state index is -3.05. The van der Waals surface area contributed by atoms with Gasteiger partial charge in [-0.15, -0.1) is 0 Å². The van der Waals surface area contributed by atoms with E-state index in [1.54, 1.807) is 44.6 Å². The fourth-order valence-electron chi connectivity index (χ4n) is 4.24. The van der Waals surface area contributed by atoms with Crippen LogP contribution in [0, 0.1) is 0 Å². The Bertz CT molecular complexity index is 1700. The fourth-order valence-corrected chi connectivity index (χ4v) is 4.24. The first kappa shape index (κ1) is 24.1. The van der Waals surface area contributed by atoms with Crippen molar-refractivity contribution in [3.8, 4) is 16.8 Å². The lowest BCUT2D eigenvalue weighted by Gasteiger charge is -2.13. The van der Waals surface area contributed by atoms with Gasteiger partial charge in [0.2, 0.25) is 0 Å². The Hall–Kier alpha value is -4.60. The Kier molecular flexibility index (Phi) is 5.94. The van der Waals surface area contributed by atoms with Crippen molar-refractivity contribution in [1.82, 2.24) is 19.1 Å². The van der Waals surface area contributed by atoms with Crippen LogP contribution in [0.5, 0.6) is 0 Å². The van der Waals surface area contributed by atoms with Crippen molar-refractivity contribution in [2.45, 2.75) is 19.8 Å². The molecule has 5 rings (SSSR count). The quantitative estimate of drug-likeness (QED) is 0.336. The van der Waals surface area contributed by atoms with Crippen molar-refractivity contribution in [3.05, 3.63) is 83.0 Å². The third-order valence-corrected chi connectivity index (χ3v) is 6.10. The number of carbonyl (C=O) groups is 1. The monoisotopic (exact) mass is 503 g/mol. The molecule has 0 fully saturated rings. The van der Waals surface area contributed by atoms with E-state index in [4.69, 9.17) is 4.74 Å². The Morgan fingerprint density at radius 2 is 1.84 bits per heavy atom. The molecule has 0 spiro atoms. The van der Waals surface area contributed by atoms with Crippen LogP contribution in [0.3, 0.4) is 0 Å². The molecule has 0 unspecified atom stereocenters. The summed E-state index contributed by atoms with van der Waals surface area (Å²) in [5, 5.41) is 3.22. The Morgan fingerprint density at radius 3 is 2.54 bits per heavy atom. The molecule has 0 aliphatic carbocycles. The molecule has 1 amide bonds. The summed E-state index contributed by atoms with van der Waals surface area (Å²) in [4.78, 5) is 33.7. The number of halogens is 2. The van der Waals surface area contributed by atoms with Crippen LogP contribution in [0.4, 0.5) is 19.4 Å². The van der Waals surface area contributed by atoms with E-state index in [1.807, 2.05) is 18.2 Å². The predicted molar refractivity (Wildman–Crippen MR) is 137 cm³/mol. The SMILES string of the molecule is CCOC(=O)Nc1ccc(-c2ccc3ncc4c(c3c2)n(-c2cccc(C(C)(F)F)c2)c(=O)n4C)cn1. The molecular weight excluding hydrogens is 480 g/mol. The summed E-state index contributed by atoms with van der Waals surface area (Å²) in [6.45, 7) is 2.79. The number of imidazole rings is 1. The Balaban J connectivity index is 1.66. The van der Waals surface area contributed by atoms with Gasteiger partial charge in [-0.1, -0.05) is 18.2 Å². The van der Waals surface area contributed by atoms with Gasteiger partial charge in [0.05, 0.1) is 35.0 Å². The van der Waals surface area contributed by atoms with Gasteiger partial charge in [-0.25, -0.2) is 23.4 Å². The second-order valence-electron chi connectivity index (χ2n) is 8.62. The highest BCUT2D eigenvalue weighted by Crippen LogP contribution is 2.32. The molecule has 8 nitrogen and oxygen atoms in total. The zero-order valence-electron chi connectivity index (χ0n) is 20.3. The average Bonchev–Trinajstić information content (AvgIpc) is 3.14. The molecule has 0 saturated heterocycles. The Labute approximate surface area is 210 Å². The molecule has 5 aromatic rings. The van der Waals surface area contributed by atoms with Gasteiger partial charge in [0.1, 0.15) is 5.82 Å². The van der Waals surface area contributed by atoms with Gasteiger partial charge in [-0.2, -0.15) is 0 Å². The topological polar surface area (TPSA) is 91.0 Å². The maximum atomic E-state index is 14.1. The zero-order chi connectivity index (χ0) is 26.3. The van der Waals surface area contributed by atoms with Crippen LogP contribution in [0.1, 0.15) is 19.4 Å². The maximum Gasteiger partial charge on any atom is 0.412 e. The number of aromatic nitrogens is 4. The first-order valence-electron chi connectivity index (χ1n) is 11.6. The van der Waals surface area contributed by atoms with Crippen LogP contribution in [0.15, 0.2) is 71.8 Å². The van der Waals surface area contributed by atoms with E-state index in [2.05, 4.69) is 15.3 Å². The molecular formula is C27H23F2N5O3. The molecule has 0 aliphatic heterocycles. The number of amides is 1. The summed E-state index contributed by atoms with van der Waals surface area (Å²) in [5.74, 6) is -2.71. The number of alkyl halides is 2. The van der Waals surface area contributed by atoms with Gasteiger partial charge in [-0.3, -0.25) is 19.4 Å². The largest absolute Gasteiger partial charge is 0.450 e. The number of ether oxygens (including phenoxy) is 1. The number of anilines is 1. The van der Waals surface area contributed by atoms with Crippen molar-refractivity contribution in [3.63, 3.8) is 0 Å². The minimum absolute atomic E-state index is 0.185. The number of aryl methyl sites for hydroxylation is 1. The van der Waals surface area contributed by atoms with Crippen molar-refractivity contribution < 1.29 is 18.3 Å². The highest BCUT2D eigenvalue weighted by molar-refractivity contribution is 6.04. The highest BCUT2D eigenvalue weighted by Gasteiger charge is 2.25. The van der Waals surface area contributed by atoms with E-state index < -0.39 is 12.0 Å². The third kappa shape index (κ3) is 4.42. The van der Waals surface area contributed by atoms with Crippen LogP contribution in [-0.2, 0) is 17.7 Å². The second-order valence-corrected chi connectivity index (χ2v) is 8.62. The zero-order valence-corrected chi connectivity index (χ0v) is 20.3. The molecule has 1 N–H and O–H groups in total. The van der Waals surface area contributed by atoms with E-state index in [-0.39, 0.29) is 17.9 Å². The lowest BCUT2D eigenvalue weighted by atomic mass is 10.0. The minimum Gasteiger partial charge on any atom is -0.450 e. The molecule has 2 aromatic carbocycles. The van der Waals surface area contributed by atoms with Crippen LogP contribution < -0.4 is 11.0 Å². The van der Waals surface area contributed by atoms with Gasteiger partial charge in [0.25, 0.3) is 5.92 Å². The number of nitrogens with zero attached hydrogens (tertiary/aromatic N) is 4. The number of carbonyl (C=O) groups excluding carboxylic acids is 1. The van der Waals surface area contributed by atoms with Crippen LogP contribution >= 0.6 is 0 Å². The number of nitrogens with one attached hydrogen (secondary N) is 1. The number of pyridine rings is 2. The number of fused-ring (bicyclic) bond motifs is 3. The third-order valence-electron chi connectivity index (χ3n) is 6.10. The van der Waals surface area contributed by atoms with Gasteiger partial charge in [0, 0.05) is 36.7 Å². The number of rotatable bonds is 5. The van der Waals surface area contributed by atoms with Crippen LogP contribution in [-0.4, -0.2) is 31.8 Å². The van der Waals surface area contributed by atoms with Crippen LogP contribution in [0.25, 0.3) is 38.8 Å². The standard InChI is InChI=1S/C27H23F2N5O3/c1-4-37-25(35)32-23-11-9-17(14-31-23)16-8-10-21-20(12-16)24-22(15-30-21)33(3)26(36)34(24)19-7-5-6-18(13-19)27(2,28)29/h5-15H,4H2,1-3H3,(H,31,32,35). The van der Waals surface area contributed by atoms with Gasteiger partial charge < -0.3 is 4.74 Å². The molecule has 3 aromatic heterocycles. The summed E-state index contributed by atoms with van der Waals surface area (Å²) >= 11 is 0. The number of hydrogen-bond acceptors (Lipinski definition) is 5. The maximum absolute atomic E-state index is 14.1. The summed E-state index contributed by atoms with van der Waals surface area (Å²) in [6.07, 6.45) is 2.63. The molecule has 0 radical (unpaired) electrons. The van der Waals surface area contributed by atoms with Crippen molar-refractivity contribution in [2.75, 3.05) is 11.9 Å². The van der Waals surface area contributed by atoms with E-state index in [0.29, 0.717) is 33.4 Å². The van der Waals surface area contributed by atoms with E-state index >= 15 is 0 Å². The molecule has 37 heavy (non-hydrogen) atoms. The van der Waals surface area contributed by atoms with E-state index in [1.165, 1.54) is 27.3 Å². The number of hydrogen-bond donors (Lipinski definition) is 1. The lowest BCUT2D eigenvalue weighted by molar-refractivity contribution is 0.0174. The summed E-state index contributed by atoms with van der Waals surface area (Å²) in [5.41, 5.74) is 3.11. The van der Waals surface area contributed by atoms with E-state index in [0.717, 1.165) is 18.1 Å². The number of benzene rings is 2. The Morgan fingerprint density at radius 1 is 1.05 bits per heavy atom. The normalized spacial score (nSPS) is 11.7. The van der Waals surface area contributed by atoms with Crippen molar-refractivity contribution in [1.29, 1.82) is 0 Å². The summed E-state index contributed by atoms with van der Waals surface area (Å²) < 4.78 is 35.9. The van der Waals surface area contributed by atoms with Gasteiger partial charge in [0.15, 0.2) is 0 Å². The van der Waals surface area contributed by atoms with E-state index in [9.17, 15) is 18.4 Å². The smallest absolute Gasteiger partial charge is 0.412 e. The van der Waals surface area contributed by atoms with Crippen LogP contribution in [0.2, 0.25) is 0 Å². The lowest BCUT2D eigenvalue weighted by Crippen LogP contribution is -2.21. The first-order valence-corrected chi connectivity index (χ1v) is 11.6.